The molecule has 1 N–H and O–H groups in total. The van der Waals surface area contributed by atoms with Crippen molar-refractivity contribution in [1.29, 1.82) is 0 Å². The highest BCUT2D eigenvalue weighted by Crippen LogP contribution is 2.28. The molecule has 0 aromatic heterocycles. The van der Waals surface area contributed by atoms with Gasteiger partial charge in [0.2, 0.25) is 0 Å². The molecule has 8 nitrogen and oxygen atoms in total. The molecule has 0 saturated heterocycles. The molecule has 0 saturated carbocycles. The molecular weight excluding hydrogens is 276 g/mol. The fourth-order valence-corrected chi connectivity index (χ4v) is 2.04. The van der Waals surface area contributed by atoms with Crippen LogP contribution in [0.5, 0.6) is 0 Å². The zero-order valence-corrected chi connectivity index (χ0v) is 11.1. The Labute approximate surface area is 120 Å². The third-order valence-electron chi connectivity index (χ3n) is 3.13. The van der Waals surface area contributed by atoms with Crippen molar-refractivity contribution in [3.63, 3.8) is 0 Å². The quantitative estimate of drug-likeness (QED) is 0.387. The number of nitro benzene ring substituents is 2. The van der Waals surface area contributed by atoms with Crippen LogP contribution in [0.15, 0.2) is 35.5 Å². The molecule has 2 rings (SSSR count). The molecule has 1 atom stereocenters. The van der Waals surface area contributed by atoms with Crippen molar-refractivity contribution in [2.75, 3.05) is 5.43 Å². The van der Waals surface area contributed by atoms with E-state index in [9.17, 15) is 20.2 Å². The minimum atomic E-state index is -0.675. The zero-order valence-electron chi connectivity index (χ0n) is 11.1. The Morgan fingerprint density at radius 3 is 2.71 bits per heavy atom. The first-order valence-corrected chi connectivity index (χ1v) is 6.46. The second-order valence-electron chi connectivity index (χ2n) is 4.63. The standard InChI is InChI=1S/C13H14N4O4/c18-16(19)11-6-7-12(13(8-11)17(20)21)15-14-9-10-4-2-1-3-5-10/h2,4,6-10,15H,1,3,5H2/b14-9-. The highest BCUT2D eigenvalue weighted by molar-refractivity contribution is 5.69. The van der Waals surface area contributed by atoms with Gasteiger partial charge in [0.05, 0.1) is 15.9 Å². The van der Waals surface area contributed by atoms with Crippen LogP contribution in [0.3, 0.4) is 0 Å². The lowest BCUT2D eigenvalue weighted by Crippen LogP contribution is -2.04. The summed E-state index contributed by atoms with van der Waals surface area (Å²) in [4.78, 5) is 20.2. The van der Waals surface area contributed by atoms with E-state index in [0.717, 1.165) is 25.3 Å². The minimum Gasteiger partial charge on any atom is -0.272 e. The lowest BCUT2D eigenvalue weighted by molar-refractivity contribution is -0.393. The van der Waals surface area contributed by atoms with Gasteiger partial charge in [-0.15, -0.1) is 0 Å². The maximum absolute atomic E-state index is 10.9. The Morgan fingerprint density at radius 2 is 2.10 bits per heavy atom. The second kappa shape index (κ2) is 6.60. The molecule has 1 aliphatic carbocycles. The highest BCUT2D eigenvalue weighted by atomic mass is 16.6. The first-order chi connectivity index (χ1) is 10.1. The summed E-state index contributed by atoms with van der Waals surface area (Å²) in [6, 6.07) is 3.40. The van der Waals surface area contributed by atoms with Gasteiger partial charge in [0.15, 0.2) is 0 Å². The van der Waals surface area contributed by atoms with Crippen LogP contribution in [0.4, 0.5) is 17.1 Å². The number of nitro groups is 2. The summed E-state index contributed by atoms with van der Waals surface area (Å²) in [6.07, 6.45) is 8.94. The van der Waals surface area contributed by atoms with Gasteiger partial charge in [0.25, 0.3) is 5.69 Å². The van der Waals surface area contributed by atoms with Crippen molar-refractivity contribution in [3.8, 4) is 0 Å². The van der Waals surface area contributed by atoms with Crippen LogP contribution in [0.2, 0.25) is 0 Å². The van der Waals surface area contributed by atoms with Crippen LogP contribution >= 0.6 is 0 Å². The maximum Gasteiger partial charge on any atom is 0.301 e. The van der Waals surface area contributed by atoms with Crippen molar-refractivity contribution in [2.45, 2.75) is 19.3 Å². The first-order valence-electron chi connectivity index (χ1n) is 6.46. The first kappa shape index (κ1) is 14.6. The Balaban J connectivity index is 2.13. The summed E-state index contributed by atoms with van der Waals surface area (Å²) >= 11 is 0. The molecular formula is C13H14N4O4. The zero-order chi connectivity index (χ0) is 15.2. The van der Waals surface area contributed by atoms with Crippen LogP contribution in [0.25, 0.3) is 0 Å². The van der Waals surface area contributed by atoms with E-state index < -0.39 is 9.85 Å². The number of hydrogen-bond donors (Lipinski definition) is 1. The van der Waals surface area contributed by atoms with E-state index in [0.29, 0.717) is 0 Å². The van der Waals surface area contributed by atoms with Gasteiger partial charge in [-0.1, -0.05) is 12.2 Å². The molecule has 0 amide bonds. The smallest absolute Gasteiger partial charge is 0.272 e. The van der Waals surface area contributed by atoms with Crippen LogP contribution < -0.4 is 5.43 Å². The van der Waals surface area contributed by atoms with Crippen LogP contribution in [0.1, 0.15) is 19.3 Å². The van der Waals surface area contributed by atoms with Crippen LogP contribution in [-0.2, 0) is 0 Å². The topological polar surface area (TPSA) is 111 Å². The van der Waals surface area contributed by atoms with E-state index in [1.54, 1.807) is 6.21 Å². The number of allylic oxidation sites excluding steroid dienone is 2. The summed E-state index contributed by atoms with van der Waals surface area (Å²) < 4.78 is 0. The molecule has 0 aliphatic heterocycles. The van der Waals surface area contributed by atoms with Crippen molar-refractivity contribution >= 4 is 23.3 Å². The van der Waals surface area contributed by atoms with Gasteiger partial charge in [-0.25, -0.2) is 0 Å². The van der Waals surface area contributed by atoms with Crippen molar-refractivity contribution in [1.82, 2.24) is 0 Å². The van der Waals surface area contributed by atoms with E-state index in [1.807, 2.05) is 6.08 Å². The number of nitrogens with one attached hydrogen (secondary N) is 1. The van der Waals surface area contributed by atoms with E-state index in [-0.39, 0.29) is 23.0 Å². The Morgan fingerprint density at radius 1 is 1.29 bits per heavy atom. The number of hydrazone groups is 1. The van der Waals surface area contributed by atoms with Gasteiger partial charge >= 0.3 is 5.69 Å². The Bertz CT molecular complexity index is 612. The molecule has 21 heavy (non-hydrogen) atoms. The van der Waals surface area contributed by atoms with Gasteiger partial charge in [-0.2, -0.15) is 5.10 Å². The number of non-ortho nitro benzene ring substituents is 1. The third-order valence-corrected chi connectivity index (χ3v) is 3.13. The summed E-state index contributed by atoms with van der Waals surface area (Å²) in [5.41, 5.74) is 2.00. The van der Waals surface area contributed by atoms with Gasteiger partial charge in [-0.05, 0) is 25.3 Å². The summed E-state index contributed by atoms with van der Waals surface area (Å²) in [7, 11) is 0. The number of hydrogen-bond acceptors (Lipinski definition) is 6. The third kappa shape index (κ3) is 3.85. The van der Waals surface area contributed by atoms with Crippen LogP contribution in [0, 0.1) is 26.1 Å². The molecule has 1 aliphatic rings. The molecule has 8 heteroatoms. The predicted octanol–water partition coefficient (Wildman–Crippen LogP) is 3.26. The lowest BCUT2D eigenvalue weighted by Gasteiger charge is -2.10. The van der Waals surface area contributed by atoms with Crippen LogP contribution in [-0.4, -0.2) is 16.1 Å². The summed E-state index contributed by atoms with van der Waals surface area (Å²) in [6.45, 7) is 0. The molecule has 1 unspecified atom stereocenters. The fourth-order valence-electron chi connectivity index (χ4n) is 2.04. The minimum absolute atomic E-state index is 0.127. The van der Waals surface area contributed by atoms with Crippen molar-refractivity contribution in [2.24, 2.45) is 11.0 Å². The Hall–Kier alpha value is -2.77. The lowest BCUT2D eigenvalue weighted by atomic mass is 9.97. The van der Waals surface area contributed by atoms with E-state index in [1.165, 1.54) is 12.1 Å². The SMILES string of the molecule is O=[N+]([O-])c1ccc(N/N=C\C2C=CCCC2)c([N+](=O)[O-])c1. The normalized spacial score (nSPS) is 17.8. The molecule has 0 bridgehead atoms. The number of anilines is 1. The molecule has 0 heterocycles. The maximum atomic E-state index is 10.9. The number of benzene rings is 1. The molecule has 0 radical (unpaired) electrons. The summed E-state index contributed by atoms with van der Waals surface area (Å²) in [5, 5.41) is 25.6. The highest BCUT2D eigenvalue weighted by Gasteiger charge is 2.19. The van der Waals surface area contributed by atoms with Gasteiger partial charge in [-0.3, -0.25) is 25.7 Å². The second-order valence-corrected chi connectivity index (χ2v) is 4.63. The van der Waals surface area contributed by atoms with Crippen molar-refractivity contribution < 1.29 is 9.85 Å². The van der Waals surface area contributed by atoms with Crippen molar-refractivity contribution in [3.05, 3.63) is 50.6 Å². The molecule has 1 aromatic carbocycles. The largest absolute Gasteiger partial charge is 0.301 e. The van der Waals surface area contributed by atoms with E-state index in [2.05, 4.69) is 16.6 Å². The summed E-state index contributed by atoms with van der Waals surface area (Å²) in [5.74, 6) is 0.211. The monoisotopic (exact) mass is 290 g/mol. The van der Waals surface area contributed by atoms with E-state index >= 15 is 0 Å². The average Bonchev–Trinajstić information content (AvgIpc) is 2.48. The molecule has 110 valence electrons. The molecule has 1 aromatic rings. The van der Waals surface area contributed by atoms with E-state index in [4.69, 9.17) is 0 Å². The van der Waals surface area contributed by atoms with Gasteiger partial charge in [0.1, 0.15) is 5.69 Å². The number of rotatable bonds is 5. The van der Waals surface area contributed by atoms with Gasteiger partial charge < -0.3 is 0 Å². The average molecular weight is 290 g/mol. The Kier molecular flexibility index (Phi) is 4.60. The molecule has 0 fully saturated rings. The predicted molar refractivity (Wildman–Crippen MR) is 78.3 cm³/mol. The molecule has 0 spiro atoms. The van der Waals surface area contributed by atoms with Gasteiger partial charge in [0, 0.05) is 18.2 Å². The fraction of sp³-hybridized carbons (Fsp3) is 0.308. The number of nitrogens with zero attached hydrogens (tertiary/aromatic N) is 3.